The number of nitrogens with one attached hydrogen (secondary N) is 1. The van der Waals surface area contributed by atoms with E-state index < -0.39 is 0 Å². The van der Waals surface area contributed by atoms with E-state index in [4.69, 9.17) is 26.8 Å². The Bertz CT molecular complexity index is 680. The van der Waals surface area contributed by atoms with Crippen LogP contribution in [0.4, 0.5) is 10.8 Å². The Morgan fingerprint density at radius 2 is 2.09 bits per heavy atom. The van der Waals surface area contributed by atoms with E-state index >= 15 is 0 Å². The molecule has 0 aliphatic heterocycles. The van der Waals surface area contributed by atoms with Crippen LogP contribution in [0.15, 0.2) is 16.5 Å². The van der Waals surface area contributed by atoms with Crippen molar-refractivity contribution in [2.24, 2.45) is 0 Å². The Morgan fingerprint density at radius 3 is 2.68 bits per heavy atom. The van der Waals surface area contributed by atoms with Gasteiger partial charge in [0, 0.05) is 12.1 Å². The molecule has 1 aromatic heterocycles. The van der Waals surface area contributed by atoms with Crippen molar-refractivity contribution < 1.29 is 14.3 Å². The summed E-state index contributed by atoms with van der Waals surface area (Å²) in [4.78, 5) is 12.0. The molecule has 22 heavy (non-hydrogen) atoms. The predicted octanol–water partition coefficient (Wildman–Crippen LogP) is 2.52. The molecule has 10 heteroatoms. The number of aromatic nitrogens is 2. The van der Waals surface area contributed by atoms with Gasteiger partial charge in [0.05, 0.1) is 30.7 Å². The largest absolute Gasteiger partial charge is 0.495 e. The zero-order valence-electron chi connectivity index (χ0n) is 11.8. The number of thioether (sulfide) groups is 1. The lowest BCUT2D eigenvalue weighted by molar-refractivity contribution is -0.113. The summed E-state index contributed by atoms with van der Waals surface area (Å²) in [7, 11) is 2.99. The smallest absolute Gasteiger partial charge is 0.234 e. The monoisotopic (exact) mass is 360 g/mol. The summed E-state index contributed by atoms with van der Waals surface area (Å²) < 4.78 is 11.0. The van der Waals surface area contributed by atoms with Gasteiger partial charge in [0.25, 0.3) is 0 Å². The first kappa shape index (κ1) is 16.7. The van der Waals surface area contributed by atoms with Crippen LogP contribution in [0.5, 0.6) is 11.5 Å². The highest BCUT2D eigenvalue weighted by molar-refractivity contribution is 8.01. The molecule has 7 nitrogen and oxygen atoms in total. The molecular weight excluding hydrogens is 348 g/mol. The van der Waals surface area contributed by atoms with Crippen LogP contribution in [0.1, 0.15) is 0 Å². The topological polar surface area (TPSA) is 99.4 Å². The molecule has 3 N–H and O–H groups in total. The molecule has 0 aliphatic rings. The first-order valence-electron chi connectivity index (χ1n) is 5.96. The number of amides is 1. The SMILES string of the molecule is COc1cc(NC(=O)CSc2nnc(N)s2)c(OC)cc1Cl. The normalized spacial score (nSPS) is 10.3. The standard InChI is InChI=1S/C12H13ClN4O3S2/c1-19-8-4-7(9(20-2)3-6(8)13)15-10(18)5-21-12-17-16-11(14)22-12/h3-4H,5H2,1-2H3,(H2,14,16)(H,15,18). The third kappa shape index (κ3) is 4.15. The fourth-order valence-corrected chi connectivity index (χ4v) is 3.22. The maximum absolute atomic E-state index is 12.0. The second kappa shape index (κ2) is 7.52. The first-order valence-corrected chi connectivity index (χ1v) is 8.14. The minimum atomic E-state index is -0.221. The summed E-state index contributed by atoms with van der Waals surface area (Å²) in [5.41, 5.74) is 5.96. The van der Waals surface area contributed by atoms with Gasteiger partial charge in [-0.15, -0.1) is 10.2 Å². The molecule has 1 aromatic carbocycles. The number of nitrogens with zero attached hydrogens (tertiary/aromatic N) is 2. The van der Waals surface area contributed by atoms with E-state index in [2.05, 4.69) is 15.5 Å². The fourth-order valence-electron chi connectivity index (χ4n) is 1.55. The van der Waals surface area contributed by atoms with Crippen molar-refractivity contribution in [2.75, 3.05) is 31.0 Å². The minimum Gasteiger partial charge on any atom is -0.495 e. The molecule has 0 atom stereocenters. The van der Waals surface area contributed by atoms with Crippen LogP contribution in [0.25, 0.3) is 0 Å². The summed E-state index contributed by atoms with van der Waals surface area (Å²) in [5, 5.41) is 11.0. The van der Waals surface area contributed by atoms with Gasteiger partial charge in [-0.05, 0) is 0 Å². The number of benzene rings is 1. The van der Waals surface area contributed by atoms with Gasteiger partial charge in [-0.1, -0.05) is 34.7 Å². The Hall–Kier alpha value is -1.71. The third-order valence-electron chi connectivity index (χ3n) is 2.50. The molecule has 118 valence electrons. The van der Waals surface area contributed by atoms with Crippen molar-refractivity contribution >= 4 is 51.4 Å². The average Bonchev–Trinajstić information content (AvgIpc) is 2.92. The highest BCUT2D eigenvalue weighted by atomic mass is 35.5. The van der Waals surface area contributed by atoms with Crippen molar-refractivity contribution in [1.29, 1.82) is 0 Å². The van der Waals surface area contributed by atoms with E-state index in [1.54, 1.807) is 12.1 Å². The molecule has 1 amide bonds. The molecule has 0 saturated carbocycles. The Balaban J connectivity index is 2.04. The van der Waals surface area contributed by atoms with Crippen molar-refractivity contribution in [1.82, 2.24) is 10.2 Å². The minimum absolute atomic E-state index is 0.169. The molecule has 0 fully saturated rings. The van der Waals surface area contributed by atoms with E-state index in [1.807, 2.05) is 0 Å². The maximum atomic E-state index is 12.0. The number of hydrogen-bond donors (Lipinski definition) is 2. The molecule has 0 bridgehead atoms. The Labute approximate surface area is 140 Å². The van der Waals surface area contributed by atoms with E-state index in [9.17, 15) is 4.79 Å². The van der Waals surface area contributed by atoms with Gasteiger partial charge in [0.15, 0.2) is 4.34 Å². The van der Waals surface area contributed by atoms with E-state index in [0.29, 0.717) is 31.7 Å². The highest BCUT2D eigenvalue weighted by Gasteiger charge is 2.13. The number of methoxy groups -OCH3 is 2. The van der Waals surface area contributed by atoms with Crippen LogP contribution in [-0.2, 0) is 4.79 Å². The summed E-state index contributed by atoms with van der Waals surface area (Å²) >= 11 is 8.49. The molecule has 0 unspecified atom stereocenters. The van der Waals surface area contributed by atoms with Crippen molar-refractivity contribution in [3.8, 4) is 11.5 Å². The molecule has 0 saturated heterocycles. The van der Waals surface area contributed by atoms with Gasteiger partial charge in [-0.2, -0.15) is 0 Å². The van der Waals surface area contributed by atoms with Crippen LogP contribution in [0.3, 0.4) is 0 Å². The number of anilines is 2. The average molecular weight is 361 g/mol. The van der Waals surface area contributed by atoms with E-state index in [1.165, 1.54) is 37.3 Å². The lowest BCUT2D eigenvalue weighted by Gasteiger charge is -2.12. The summed E-state index contributed by atoms with van der Waals surface area (Å²) in [5.74, 6) is 0.844. The lowest BCUT2D eigenvalue weighted by atomic mass is 10.2. The number of nitrogen functional groups attached to an aromatic ring is 1. The second-order valence-electron chi connectivity index (χ2n) is 3.93. The van der Waals surface area contributed by atoms with Crippen molar-refractivity contribution in [3.05, 3.63) is 17.2 Å². The molecule has 1 heterocycles. The van der Waals surface area contributed by atoms with E-state index in [0.717, 1.165) is 0 Å². The van der Waals surface area contributed by atoms with Gasteiger partial charge in [0.1, 0.15) is 11.5 Å². The fraction of sp³-hybridized carbons (Fsp3) is 0.250. The Kier molecular flexibility index (Phi) is 5.69. The number of carbonyl (C=O) groups is 1. The van der Waals surface area contributed by atoms with Crippen LogP contribution in [0.2, 0.25) is 5.02 Å². The first-order chi connectivity index (χ1) is 10.5. The maximum Gasteiger partial charge on any atom is 0.234 e. The quantitative estimate of drug-likeness (QED) is 0.763. The molecule has 0 spiro atoms. The molecular formula is C12H13ClN4O3S2. The van der Waals surface area contributed by atoms with Gasteiger partial charge in [-0.3, -0.25) is 4.79 Å². The zero-order valence-corrected chi connectivity index (χ0v) is 14.1. The van der Waals surface area contributed by atoms with Crippen LogP contribution < -0.4 is 20.5 Å². The molecule has 2 aromatic rings. The number of ether oxygens (including phenoxy) is 2. The van der Waals surface area contributed by atoms with E-state index in [-0.39, 0.29) is 11.7 Å². The predicted molar refractivity (Wildman–Crippen MR) is 88.2 cm³/mol. The zero-order chi connectivity index (χ0) is 16.1. The number of hydrogen-bond acceptors (Lipinski definition) is 8. The highest BCUT2D eigenvalue weighted by Crippen LogP contribution is 2.36. The Morgan fingerprint density at radius 1 is 1.36 bits per heavy atom. The summed E-state index contributed by atoms with van der Waals surface area (Å²) in [6.07, 6.45) is 0. The van der Waals surface area contributed by atoms with Crippen molar-refractivity contribution in [3.63, 3.8) is 0 Å². The summed E-state index contributed by atoms with van der Waals surface area (Å²) in [6.45, 7) is 0. The number of nitrogens with two attached hydrogens (primary N) is 1. The molecule has 0 aliphatic carbocycles. The van der Waals surface area contributed by atoms with Gasteiger partial charge >= 0.3 is 0 Å². The van der Waals surface area contributed by atoms with Crippen molar-refractivity contribution in [2.45, 2.75) is 4.34 Å². The third-order valence-corrected chi connectivity index (χ3v) is 4.68. The van der Waals surface area contributed by atoms with Crippen LogP contribution in [-0.4, -0.2) is 36.1 Å². The lowest BCUT2D eigenvalue weighted by Crippen LogP contribution is -2.14. The number of carbonyl (C=O) groups excluding carboxylic acids is 1. The van der Waals surface area contributed by atoms with Crippen LogP contribution in [0, 0.1) is 0 Å². The van der Waals surface area contributed by atoms with Gasteiger partial charge in [-0.25, -0.2) is 0 Å². The summed E-state index contributed by atoms with van der Waals surface area (Å²) in [6, 6.07) is 3.18. The second-order valence-corrected chi connectivity index (χ2v) is 6.57. The van der Waals surface area contributed by atoms with Gasteiger partial charge < -0.3 is 20.5 Å². The van der Waals surface area contributed by atoms with Crippen LogP contribution >= 0.6 is 34.7 Å². The van der Waals surface area contributed by atoms with Gasteiger partial charge in [0.2, 0.25) is 11.0 Å². The molecule has 2 rings (SSSR count). The number of halogens is 1. The number of rotatable bonds is 6. The molecule has 0 radical (unpaired) electrons.